The lowest BCUT2D eigenvalue weighted by atomic mass is 10.2. The maximum Gasteiger partial charge on any atom is 0.289 e. The monoisotopic (exact) mass is 314 g/mol. The molecular formula is C17H20N3O3+. The van der Waals surface area contributed by atoms with E-state index < -0.39 is 11.9 Å². The van der Waals surface area contributed by atoms with E-state index in [4.69, 9.17) is 10.5 Å². The number of nitrogens with one attached hydrogen (secondary N) is 1. The maximum atomic E-state index is 12.2. The highest BCUT2D eigenvalue weighted by atomic mass is 16.5. The molecule has 0 aliphatic heterocycles. The van der Waals surface area contributed by atoms with Crippen molar-refractivity contribution in [2.45, 2.75) is 19.5 Å². The molecule has 1 aromatic heterocycles. The summed E-state index contributed by atoms with van der Waals surface area (Å²) in [6.07, 6.45) is 3.30. The first kappa shape index (κ1) is 16.5. The summed E-state index contributed by atoms with van der Waals surface area (Å²) in [5.41, 5.74) is 6.59. The Kier molecular flexibility index (Phi) is 5.30. The van der Waals surface area contributed by atoms with Crippen molar-refractivity contribution in [1.82, 2.24) is 5.32 Å². The van der Waals surface area contributed by atoms with Crippen LogP contribution in [0.25, 0.3) is 0 Å². The van der Waals surface area contributed by atoms with E-state index >= 15 is 0 Å². The molecule has 2 amide bonds. The molecule has 0 bridgehead atoms. The first-order chi connectivity index (χ1) is 11.0. The largest absolute Gasteiger partial charge is 0.497 e. The SMILES string of the molecule is COc1ccc(CNC(=O)[C@@H](C)[n+]2cccc(C(N)=O)c2)cc1. The molecule has 0 radical (unpaired) electrons. The van der Waals surface area contributed by atoms with Gasteiger partial charge < -0.3 is 15.8 Å². The topological polar surface area (TPSA) is 85.3 Å². The number of amides is 2. The van der Waals surface area contributed by atoms with E-state index in [-0.39, 0.29) is 5.91 Å². The third-order valence-corrected chi connectivity index (χ3v) is 3.56. The van der Waals surface area contributed by atoms with Gasteiger partial charge in [-0.05, 0) is 23.8 Å². The number of carbonyl (C=O) groups is 2. The van der Waals surface area contributed by atoms with Gasteiger partial charge in [0.1, 0.15) is 11.3 Å². The summed E-state index contributed by atoms with van der Waals surface area (Å²) in [6.45, 7) is 2.18. The van der Waals surface area contributed by atoms with Gasteiger partial charge in [-0.2, -0.15) is 4.57 Å². The number of primary amides is 1. The van der Waals surface area contributed by atoms with Gasteiger partial charge in [0.25, 0.3) is 11.8 Å². The minimum atomic E-state index is -0.523. The normalized spacial score (nSPS) is 11.6. The second-order valence-electron chi connectivity index (χ2n) is 5.15. The molecule has 0 aliphatic carbocycles. The molecule has 6 nitrogen and oxygen atoms in total. The second kappa shape index (κ2) is 7.40. The predicted molar refractivity (Wildman–Crippen MR) is 84.7 cm³/mol. The first-order valence-corrected chi connectivity index (χ1v) is 7.22. The molecule has 1 atom stereocenters. The van der Waals surface area contributed by atoms with Crippen molar-refractivity contribution in [2.24, 2.45) is 5.73 Å². The number of carbonyl (C=O) groups excluding carboxylic acids is 2. The summed E-state index contributed by atoms with van der Waals surface area (Å²) in [7, 11) is 1.61. The number of nitrogens with zero attached hydrogens (tertiary/aromatic N) is 1. The summed E-state index contributed by atoms with van der Waals surface area (Å²) in [5, 5.41) is 2.87. The number of aromatic nitrogens is 1. The van der Waals surface area contributed by atoms with Crippen LogP contribution in [-0.4, -0.2) is 18.9 Å². The number of hydrogen-bond donors (Lipinski definition) is 2. The summed E-state index contributed by atoms with van der Waals surface area (Å²) in [4.78, 5) is 23.5. The molecule has 6 heteroatoms. The van der Waals surface area contributed by atoms with Crippen LogP contribution in [0.2, 0.25) is 0 Å². The standard InChI is InChI=1S/C17H19N3O3/c1-12(20-9-3-4-14(11-20)16(18)21)17(22)19-10-13-5-7-15(23-2)8-6-13/h3-9,11-12H,10H2,1-2H3,(H2-,18,19,21,22)/p+1/t12-/m1/s1. The van der Waals surface area contributed by atoms with E-state index in [1.54, 1.807) is 43.1 Å². The number of methoxy groups -OCH3 is 1. The third kappa shape index (κ3) is 4.29. The van der Waals surface area contributed by atoms with E-state index in [1.165, 1.54) is 0 Å². The van der Waals surface area contributed by atoms with Crippen molar-refractivity contribution in [3.8, 4) is 5.75 Å². The van der Waals surface area contributed by atoms with Crippen molar-refractivity contribution in [2.75, 3.05) is 7.11 Å². The molecule has 0 unspecified atom stereocenters. The third-order valence-electron chi connectivity index (χ3n) is 3.56. The molecule has 0 saturated carbocycles. The van der Waals surface area contributed by atoms with Crippen LogP contribution in [0.1, 0.15) is 28.9 Å². The van der Waals surface area contributed by atoms with Gasteiger partial charge in [0.15, 0.2) is 12.4 Å². The van der Waals surface area contributed by atoms with Crippen molar-refractivity contribution < 1.29 is 18.9 Å². The first-order valence-electron chi connectivity index (χ1n) is 7.22. The Labute approximate surface area is 134 Å². The van der Waals surface area contributed by atoms with Gasteiger partial charge in [-0.3, -0.25) is 9.59 Å². The lowest BCUT2D eigenvalue weighted by Crippen LogP contribution is -2.46. The van der Waals surface area contributed by atoms with Crippen LogP contribution in [0, 0.1) is 0 Å². The van der Waals surface area contributed by atoms with Crippen LogP contribution in [0.15, 0.2) is 48.8 Å². The van der Waals surface area contributed by atoms with Crippen molar-refractivity contribution in [3.63, 3.8) is 0 Å². The average molecular weight is 314 g/mol. The summed E-state index contributed by atoms with van der Waals surface area (Å²) < 4.78 is 6.75. The molecule has 0 aliphatic rings. The molecule has 1 aromatic carbocycles. The fraction of sp³-hybridized carbons (Fsp3) is 0.235. The summed E-state index contributed by atoms with van der Waals surface area (Å²) >= 11 is 0. The van der Waals surface area contributed by atoms with Crippen LogP contribution >= 0.6 is 0 Å². The van der Waals surface area contributed by atoms with Gasteiger partial charge in [-0.15, -0.1) is 0 Å². The van der Waals surface area contributed by atoms with Gasteiger partial charge in [0.2, 0.25) is 6.04 Å². The minimum absolute atomic E-state index is 0.146. The van der Waals surface area contributed by atoms with Gasteiger partial charge in [-0.1, -0.05) is 12.1 Å². The Morgan fingerprint density at radius 2 is 1.96 bits per heavy atom. The quantitative estimate of drug-likeness (QED) is 0.779. The molecule has 2 rings (SSSR count). The van der Waals surface area contributed by atoms with Gasteiger partial charge >= 0.3 is 0 Å². The number of hydrogen-bond acceptors (Lipinski definition) is 3. The maximum absolute atomic E-state index is 12.2. The van der Waals surface area contributed by atoms with Crippen LogP contribution in [-0.2, 0) is 11.3 Å². The van der Waals surface area contributed by atoms with Crippen molar-refractivity contribution in [1.29, 1.82) is 0 Å². The highest BCUT2D eigenvalue weighted by molar-refractivity contribution is 5.92. The molecule has 0 saturated heterocycles. The van der Waals surface area contributed by atoms with E-state index in [0.717, 1.165) is 11.3 Å². The number of nitrogens with two attached hydrogens (primary N) is 1. The minimum Gasteiger partial charge on any atom is -0.497 e. The van der Waals surface area contributed by atoms with Crippen molar-refractivity contribution in [3.05, 3.63) is 59.9 Å². The molecule has 23 heavy (non-hydrogen) atoms. The molecule has 1 heterocycles. The lowest BCUT2D eigenvalue weighted by Gasteiger charge is -2.09. The molecular weight excluding hydrogens is 294 g/mol. The van der Waals surface area contributed by atoms with E-state index in [9.17, 15) is 9.59 Å². The smallest absolute Gasteiger partial charge is 0.289 e. The van der Waals surface area contributed by atoms with Crippen LogP contribution < -0.4 is 20.4 Å². The fourth-order valence-electron chi connectivity index (χ4n) is 2.10. The zero-order valence-electron chi connectivity index (χ0n) is 13.2. The Balaban J connectivity index is 1.99. The van der Waals surface area contributed by atoms with Crippen LogP contribution in [0.5, 0.6) is 5.75 Å². The predicted octanol–water partition coefficient (Wildman–Crippen LogP) is 0.959. The Hall–Kier alpha value is -2.89. The van der Waals surface area contributed by atoms with E-state index in [2.05, 4.69) is 5.32 Å². The Bertz CT molecular complexity index is 698. The highest BCUT2D eigenvalue weighted by Crippen LogP contribution is 2.11. The van der Waals surface area contributed by atoms with Gasteiger partial charge in [0.05, 0.1) is 7.11 Å². The average Bonchev–Trinajstić information content (AvgIpc) is 2.59. The van der Waals surface area contributed by atoms with Crippen molar-refractivity contribution >= 4 is 11.8 Å². The van der Waals surface area contributed by atoms with Gasteiger partial charge in [0, 0.05) is 19.5 Å². The van der Waals surface area contributed by atoms with E-state index in [0.29, 0.717) is 12.1 Å². The number of pyridine rings is 1. The van der Waals surface area contributed by atoms with E-state index in [1.807, 2.05) is 24.3 Å². The molecule has 3 N–H and O–H groups in total. The second-order valence-corrected chi connectivity index (χ2v) is 5.15. The number of benzene rings is 1. The fourth-order valence-corrected chi connectivity index (χ4v) is 2.10. The zero-order chi connectivity index (χ0) is 16.8. The number of rotatable bonds is 6. The molecule has 0 fully saturated rings. The Morgan fingerprint density at radius 1 is 1.26 bits per heavy atom. The molecule has 2 aromatic rings. The lowest BCUT2D eigenvalue weighted by molar-refractivity contribution is -0.706. The van der Waals surface area contributed by atoms with Crippen LogP contribution in [0.3, 0.4) is 0 Å². The van der Waals surface area contributed by atoms with Crippen LogP contribution in [0.4, 0.5) is 0 Å². The Morgan fingerprint density at radius 3 is 2.57 bits per heavy atom. The molecule has 0 spiro atoms. The summed E-state index contributed by atoms with van der Waals surface area (Å²) in [5.74, 6) is 0.102. The molecule has 120 valence electrons. The highest BCUT2D eigenvalue weighted by Gasteiger charge is 2.22. The number of ether oxygens (including phenoxy) is 1. The van der Waals surface area contributed by atoms with Gasteiger partial charge in [-0.25, -0.2) is 0 Å². The summed E-state index contributed by atoms with van der Waals surface area (Å²) in [6, 6.07) is 10.3. The zero-order valence-corrected chi connectivity index (χ0v) is 13.2.